The van der Waals surface area contributed by atoms with Crippen molar-refractivity contribution in [1.29, 1.82) is 0 Å². The van der Waals surface area contributed by atoms with Crippen LogP contribution in [0.4, 0.5) is 0 Å². The Kier molecular flexibility index (Phi) is 6.46. The number of allylic oxidation sites excluding steroid dienone is 1. The molecule has 148 valence electrons. The van der Waals surface area contributed by atoms with Crippen molar-refractivity contribution in [2.75, 3.05) is 0 Å². The summed E-state index contributed by atoms with van der Waals surface area (Å²) in [4.78, 5) is 23.6. The van der Waals surface area contributed by atoms with Gasteiger partial charge in [0.25, 0.3) is 0 Å². The van der Waals surface area contributed by atoms with Crippen LogP contribution in [0.5, 0.6) is 5.75 Å². The molecule has 0 heterocycles. The Morgan fingerprint density at radius 3 is 2.53 bits per heavy atom. The van der Waals surface area contributed by atoms with Crippen LogP contribution in [-0.2, 0) is 11.2 Å². The molecule has 0 radical (unpaired) electrons. The summed E-state index contributed by atoms with van der Waals surface area (Å²) in [7, 11) is 0. The van der Waals surface area contributed by atoms with Gasteiger partial charge in [0.05, 0.1) is 5.56 Å². The fourth-order valence-electron chi connectivity index (χ4n) is 3.10. The molecule has 0 bridgehead atoms. The normalized spacial score (nSPS) is 9.90. The summed E-state index contributed by atoms with van der Waals surface area (Å²) in [5, 5.41) is 9.26. The van der Waals surface area contributed by atoms with E-state index in [0.717, 1.165) is 22.3 Å². The number of esters is 1. The molecule has 30 heavy (non-hydrogen) atoms. The van der Waals surface area contributed by atoms with E-state index in [2.05, 4.69) is 18.4 Å². The first kappa shape index (κ1) is 20.6. The van der Waals surface area contributed by atoms with Gasteiger partial charge in [0.1, 0.15) is 5.75 Å². The van der Waals surface area contributed by atoms with Gasteiger partial charge in [0.2, 0.25) is 0 Å². The second-order valence-corrected chi connectivity index (χ2v) is 6.62. The van der Waals surface area contributed by atoms with Crippen LogP contribution >= 0.6 is 0 Å². The van der Waals surface area contributed by atoms with E-state index >= 15 is 0 Å². The van der Waals surface area contributed by atoms with E-state index in [0.29, 0.717) is 12.0 Å². The number of hydrogen-bond acceptors (Lipinski definition) is 3. The molecule has 0 aromatic heterocycles. The Balaban J connectivity index is 1.87. The highest BCUT2D eigenvalue weighted by atomic mass is 16.5. The lowest BCUT2D eigenvalue weighted by Gasteiger charge is -2.08. The summed E-state index contributed by atoms with van der Waals surface area (Å²) in [5.41, 5.74) is 4.33. The van der Waals surface area contributed by atoms with Crippen molar-refractivity contribution < 1.29 is 19.4 Å². The minimum atomic E-state index is -1.04. The molecule has 4 heteroatoms. The SMILES string of the molecule is C=CCc1cc(OC(=O)C#Cc2c(C)cccc2-c2ccccc2)ccc1C(=O)O. The number of aryl methyl sites for hydroxylation is 1. The molecule has 0 spiro atoms. The summed E-state index contributed by atoms with van der Waals surface area (Å²) in [6.45, 7) is 5.57. The number of rotatable bonds is 5. The average molecular weight is 396 g/mol. The number of carboxylic acid groups (broad SMARTS) is 1. The van der Waals surface area contributed by atoms with Gasteiger partial charge in [-0.15, -0.1) is 6.58 Å². The predicted molar refractivity (Wildman–Crippen MR) is 116 cm³/mol. The fourth-order valence-corrected chi connectivity index (χ4v) is 3.10. The van der Waals surface area contributed by atoms with Gasteiger partial charge in [0, 0.05) is 11.5 Å². The Bertz CT molecular complexity index is 1160. The predicted octanol–water partition coefficient (Wildman–Crippen LogP) is 5.05. The third kappa shape index (κ3) is 4.84. The smallest absolute Gasteiger partial charge is 0.390 e. The van der Waals surface area contributed by atoms with Crippen LogP contribution in [0.15, 0.2) is 79.4 Å². The third-order valence-electron chi connectivity index (χ3n) is 4.53. The summed E-state index contributed by atoms with van der Waals surface area (Å²) in [6, 6.07) is 20.0. The van der Waals surface area contributed by atoms with Crippen LogP contribution in [-0.4, -0.2) is 17.0 Å². The first-order valence-corrected chi connectivity index (χ1v) is 9.35. The van der Waals surface area contributed by atoms with E-state index in [1.807, 2.05) is 55.5 Å². The maximum absolute atomic E-state index is 12.3. The summed E-state index contributed by atoms with van der Waals surface area (Å²) in [5.74, 6) is 3.95. The highest BCUT2D eigenvalue weighted by Crippen LogP contribution is 2.25. The van der Waals surface area contributed by atoms with Crippen molar-refractivity contribution >= 4 is 11.9 Å². The van der Waals surface area contributed by atoms with Crippen molar-refractivity contribution in [3.05, 3.63) is 102 Å². The zero-order chi connectivity index (χ0) is 21.5. The monoisotopic (exact) mass is 396 g/mol. The van der Waals surface area contributed by atoms with E-state index in [9.17, 15) is 14.7 Å². The molecule has 4 nitrogen and oxygen atoms in total. The number of benzene rings is 3. The lowest BCUT2D eigenvalue weighted by atomic mass is 9.96. The number of aromatic carboxylic acids is 1. The molecule has 0 aliphatic rings. The molecule has 3 aromatic carbocycles. The molecule has 0 saturated heterocycles. The topological polar surface area (TPSA) is 63.6 Å². The molecule has 3 aromatic rings. The zero-order valence-electron chi connectivity index (χ0n) is 16.5. The van der Waals surface area contributed by atoms with Crippen LogP contribution in [0.1, 0.15) is 27.0 Å². The Morgan fingerprint density at radius 2 is 1.83 bits per heavy atom. The molecule has 0 aliphatic carbocycles. The summed E-state index contributed by atoms with van der Waals surface area (Å²) >= 11 is 0. The van der Waals surface area contributed by atoms with Crippen LogP contribution in [0.3, 0.4) is 0 Å². The number of carboxylic acids is 1. The molecular formula is C26H20O4. The number of carbonyl (C=O) groups is 2. The Hall–Kier alpha value is -4.10. The van der Waals surface area contributed by atoms with E-state index in [4.69, 9.17) is 4.74 Å². The van der Waals surface area contributed by atoms with Crippen LogP contribution in [0.25, 0.3) is 11.1 Å². The molecule has 0 aliphatic heterocycles. The van der Waals surface area contributed by atoms with Gasteiger partial charge >= 0.3 is 11.9 Å². The molecule has 0 atom stereocenters. The highest BCUT2D eigenvalue weighted by molar-refractivity contribution is 5.92. The standard InChI is InChI=1S/C26H20O4/c1-3-8-20-17-21(13-14-24(20)26(28)29)30-25(27)16-15-22-18(2)9-7-12-23(22)19-10-5-4-6-11-19/h3-7,9-14,17H,1,8H2,2H3,(H,28,29). The van der Waals surface area contributed by atoms with Gasteiger partial charge in [-0.3, -0.25) is 0 Å². The molecule has 3 rings (SSSR count). The van der Waals surface area contributed by atoms with Gasteiger partial charge in [-0.05, 0) is 53.8 Å². The molecule has 0 amide bonds. The summed E-state index contributed by atoms with van der Waals surface area (Å²) < 4.78 is 5.30. The van der Waals surface area contributed by atoms with Gasteiger partial charge in [-0.1, -0.05) is 60.5 Å². The second kappa shape index (κ2) is 9.40. The van der Waals surface area contributed by atoms with Crippen molar-refractivity contribution in [2.45, 2.75) is 13.3 Å². The number of carbonyl (C=O) groups excluding carboxylic acids is 1. The van der Waals surface area contributed by atoms with Gasteiger partial charge in [-0.25, -0.2) is 9.59 Å². The van der Waals surface area contributed by atoms with E-state index in [-0.39, 0.29) is 11.3 Å². The van der Waals surface area contributed by atoms with Gasteiger partial charge in [0.15, 0.2) is 0 Å². The van der Waals surface area contributed by atoms with Crippen LogP contribution in [0.2, 0.25) is 0 Å². The first-order valence-electron chi connectivity index (χ1n) is 9.35. The lowest BCUT2D eigenvalue weighted by Crippen LogP contribution is -2.07. The zero-order valence-corrected chi connectivity index (χ0v) is 16.5. The third-order valence-corrected chi connectivity index (χ3v) is 4.53. The second-order valence-electron chi connectivity index (χ2n) is 6.62. The summed E-state index contributed by atoms with van der Waals surface area (Å²) in [6.07, 6.45) is 1.94. The Morgan fingerprint density at radius 1 is 1.07 bits per heavy atom. The van der Waals surface area contributed by atoms with Gasteiger partial charge < -0.3 is 9.84 Å². The molecule has 0 fully saturated rings. The Labute approximate surface area is 175 Å². The lowest BCUT2D eigenvalue weighted by molar-refractivity contribution is -0.128. The number of ether oxygens (including phenoxy) is 1. The van der Waals surface area contributed by atoms with Crippen molar-refractivity contribution in [2.24, 2.45) is 0 Å². The minimum Gasteiger partial charge on any atom is -0.478 e. The molecule has 1 N–H and O–H groups in total. The van der Waals surface area contributed by atoms with E-state index in [1.54, 1.807) is 6.08 Å². The quantitative estimate of drug-likeness (QED) is 0.284. The van der Waals surface area contributed by atoms with E-state index < -0.39 is 11.9 Å². The maximum Gasteiger partial charge on any atom is 0.390 e. The molecule has 0 saturated carbocycles. The van der Waals surface area contributed by atoms with Gasteiger partial charge in [-0.2, -0.15) is 0 Å². The highest BCUT2D eigenvalue weighted by Gasteiger charge is 2.12. The first-order chi connectivity index (χ1) is 14.5. The van der Waals surface area contributed by atoms with Crippen molar-refractivity contribution in [3.63, 3.8) is 0 Å². The van der Waals surface area contributed by atoms with Crippen molar-refractivity contribution in [1.82, 2.24) is 0 Å². The molecular weight excluding hydrogens is 376 g/mol. The molecule has 0 unspecified atom stereocenters. The maximum atomic E-state index is 12.3. The average Bonchev–Trinajstić information content (AvgIpc) is 2.73. The van der Waals surface area contributed by atoms with E-state index in [1.165, 1.54) is 18.2 Å². The minimum absolute atomic E-state index is 0.146. The largest absolute Gasteiger partial charge is 0.478 e. The van der Waals surface area contributed by atoms with Crippen LogP contribution < -0.4 is 4.74 Å². The van der Waals surface area contributed by atoms with Crippen LogP contribution in [0, 0.1) is 18.8 Å². The number of hydrogen-bond donors (Lipinski definition) is 1. The fraction of sp³-hybridized carbons (Fsp3) is 0.0769. The van der Waals surface area contributed by atoms with Crippen molar-refractivity contribution in [3.8, 4) is 28.7 Å².